The van der Waals surface area contributed by atoms with E-state index in [-0.39, 0.29) is 4.05 Å². The van der Waals surface area contributed by atoms with E-state index in [2.05, 4.69) is 34.5 Å². The number of unbranched alkanes of at least 4 members (excludes halogenated alkanes) is 3. The van der Waals surface area contributed by atoms with Crippen LogP contribution in [0.15, 0.2) is 36.9 Å². The number of nitrogens with zero attached hydrogens (tertiary/aromatic N) is 2. The first-order chi connectivity index (χ1) is 11.0. The van der Waals surface area contributed by atoms with Gasteiger partial charge in [0.15, 0.2) is 0 Å². The van der Waals surface area contributed by atoms with Gasteiger partial charge in [0, 0.05) is 28.0 Å². The molecule has 0 amide bonds. The molecule has 0 saturated carbocycles. The van der Waals surface area contributed by atoms with Crippen molar-refractivity contribution in [2.45, 2.75) is 48.7 Å². The van der Waals surface area contributed by atoms with Crippen LogP contribution in [0.25, 0.3) is 0 Å². The van der Waals surface area contributed by atoms with Crippen molar-refractivity contribution < 1.29 is 5.11 Å². The molecule has 1 N–H and O–H groups in total. The Morgan fingerprint density at radius 1 is 1.30 bits per heavy atom. The van der Waals surface area contributed by atoms with Crippen LogP contribution in [-0.2, 0) is 5.60 Å². The van der Waals surface area contributed by atoms with E-state index in [1.54, 1.807) is 24.7 Å². The highest BCUT2D eigenvalue weighted by Gasteiger charge is 2.39. The topological polar surface area (TPSA) is 38.0 Å². The summed E-state index contributed by atoms with van der Waals surface area (Å²) in [7, 11) is 0. The van der Waals surface area contributed by atoms with Gasteiger partial charge in [-0.3, -0.25) is 0 Å². The van der Waals surface area contributed by atoms with Gasteiger partial charge in [-0.2, -0.15) is 0 Å². The standard InChI is InChI=1S/C17H21Cl2IN2O/c1-2-3-4-5-8-17(23,16(20)22-10-9-21-12-22)14-7-6-13(18)11-15(14)19/h6-7,9-12,16,23H,2-5,8H2,1H3. The SMILES string of the molecule is CCCCCCC(O)(c1ccc(Cl)cc1Cl)C(I)n1ccnc1. The smallest absolute Gasteiger partial charge is 0.121 e. The molecule has 2 aromatic rings. The van der Waals surface area contributed by atoms with E-state index in [9.17, 15) is 5.11 Å². The molecule has 0 fully saturated rings. The van der Waals surface area contributed by atoms with E-state index >= 15 is 0 Å². The Bertz CT molecular complexity index is 621. The van der Waals surface area contributed by atoms with Gasteiger partial charge in [-0.15, -0.1) is 0 Å². The predicted octanol–water partition coefficient (Wildman–Crippen LogP) is 5.98. The molecule has 0 aliphatic heterocycles. The fraction of sp³-hybridized carbons (Fsp3) is 0.471. The first kappa shape index (κ1) is 19.0. The van der Waals surface area contributed by atoms with Crippen molar-refractivity contribution in [3.05, 3.63) is 52.5 Å². The summed E-state index contributed by atoms with van der Waals surface area (Å²) in [6.45, 7) is 2.18. The minimum absolute atomic E-state index is 0.206. The maximum Gasteiger partial charge on any atom is 0.121 e. The molecule has 1 aromatic heterocycles. The van der Waals surface area contributed by atoms with Gasteiger partial charge in [0.2, 0.25) is 0 Å². The molecule has 126 valence electrons. The van der Waals surface area contributed by atoms with Crippen LogP contribution in [0.2, 0.25) is 10.0 Å². The van der Waals surface area contributed by atoms with Crippen LogP contribution in [0.5, 0.6) is 0 Å². The molecule has 0 saturated heterocycles. The molecule has 2 atom stereocenters. The summed E-state index contributed by atoms with van der Waals surface area (Å²) >= 11 is 14.6. The van der Waals surface area contributed by atoms with Crippen molar-refractivity contribution in [2.75, 3.05) is 0 Å². The molecule has 2 unspecified atom stereocenters. The van der Waals surface area contributed by atoms with Gasteiger partial charge in [0.05, 0.1) is 6.33 Å². The molecule has 0 aliphatic rings. The molecular weight excluding hydrogens is 446 g/mol. The van der Waals surface area contributed by atoms with Crippen molar-refractivity contribution in [3.8, 4) is 0 Å². The Hall–Kier alpha value is -0.300. The zero-order valence-electron chi connectivity index (χ0n) is 13.1. The largest absolute Gasteiger partial charge is 0.382 e. The molecule has 3 nitrogen and oxygen atoms in total. The maximum atomic E-state index is 11.5. The Balaban J connectivity index is 2.33. The molecule has 0 aliphatic carbocycles. The van der Waals surface area contributed by atoms with Crippen LogP contribution in [0.3, 0.4) is 0 Å². The van der Waals surface area contributed by atoms with Crippen LogP contribution < -0.4 is 0 Å². The molecular formula is C17H21Cl2IN2O. The van der Waals surface area contributed by atoms with E-state index in [1.807, 2.05) is 16.8 Å². The van der Waals surface area contributed by atoms with E-state index in [0.717, 1.165) is 19.3 Å². The number of aliphatic hydroxyl groups is 1. The summed E-state index contributed by atoms with van der Waals surface area (Å²) in [5, 5.41) is 12.6. The highest BCUT2D eigenvalue weighted by molar-refractivity contribution is 14.1. The van der Waals surface area contributed by atoms with E-state index in [1.165, 1.54) is 6.42 Å². The summed E-state index contributed by atoms with van der Waals surface area (Å²) < 4.78 is 1.70. The average molecular weight is 467 g/mol. The molecule has 0 spiro atoms. The Kier molecular flexibility index (Phi) is 7.19. The number of halogens is 3. The van der Waals surface area contributed by atoms with Gasteiger partial charge < -0.3 is 9.67 Å². The molecule has 23 heavy (non-hydrogen) atoms. The minimum Gasteiger partial charge on any atom is -0.382 e. The van der Waals surface area contributed by atoms with Gasteiger partial charge in [0.1, 0.15) is 9.65 Å². The van der Waals surface area contributed by atoms with E-state index < -0.39 is 5.60 Å². The minimum atomic E-state index is -1.07. The highest BCUT2D eigenvalue weighted by atomic mass is 127. The van der Waals surface area contributed by atoms with E-state index in [0.29, 0.717) is 22.0 Å². The summed E-state index contributed by atoms with van der Waals surface area (Å²) in [5.41, 5.74) is -0.357. The van der Waals surface area contributed by atoms with Gasteiger partial charge in [-0.25, -0.2) is 4.98 Å². The number of alkyl halides is 1. The van der Waals surface area contributed by atoms with Crippen LogP contribution in [0.4, 0.5) is 0 Å². The second kappa shape index (κ2) is 8.70. The van der Waals surface area contributed by atoms with Crippen molar-refractivity contribution in [2.24, 2.45) is 0 Å². The first-order valence-corrected chi connectivity index (χ1v) is 9.78. The average Bonchev–Trinajstić information content (AvgIpc) is 3.05. The summed E-state index contributed by atoms with van der Waals surface area (Å²) in [6, 6.07) is 5.29. The van der Waals surface area contributed by atoms with E-state index in [4.69, 9.17) is 23.2 Å². The molecule has 0 radical (unpaired) electrons. The lowest BCUT2D eigenvalue weighted by Gasteiger charge is -2.35. The van der Waals surface area contributed by atoms with Gasteiger partial charge >= 0.3 is 0 Å². The zero-order chi connectivity index (χ0) is 16.9. The van der Waals surface area contributed by atoms with Crippen molar-refractivity contribution in [1.29, 1.82) is 0 Å². The van der Waals surface area contributed by atoms with Crippen molar-refractivity contribution in [1.82, 2.24) is 9.55 Å². The van der Waals surface area contributed by atoms with Gasteiger partial charge in [0.25, 0.3) is 0 Å². The fourth-order valence-electron chi connectivity index (χ4n) is 2.69. The third-order valence-electron chi connectivity index (χ3n) is 3.99. The molecule has 1 heterocycles. The molecule has 2 rings (SSSR count). The monoisotopic (exact) mass is 466 g/mol. The first-order valence-electron chi connectivity index (χ1n) is 7.78. The summed E-state index contributed by atoms with van der Waals surface area (Å²) in [4.78, 5) is 4.09. The normalized spacial score (nSPS) is 15.3. The Morgan fingerprint density at radius 2 is 2.09 bits per heavy atom. The van der Waals surface area contributed by atoms with Crippen molar-refractivity contribution >= 4 is 45.8 Å². The second-order valence-corrected chi connectivity index (χ2v) is 7.73. The number of benzene rings is 1. The second-order valence-electron chi connectivity index (χ2n) is 5.70. The number of aromatic nitrogens is 2. The lowest BCUT2D eigenvalue weighted by Crippen LogP contribution is -2.33. The number of imidazole rings is 1. The third kappa shape index (κ3) is 4.62. The molecule has 6 heteroatoms. The summed E-state index contributed by atoms with van der Waals surface area (Å²) in [6.07, 6.45) is 10.3. The van der Waals surface area contributed by atoms with Crippen LogP contribution in [0.1, 0.15) is 48.6 Å². The molecule has 1 aromatic carbocycles. The lowest BCUT2D eigenvalue weighted by atomic mass is 9.87. The Labute approximate surface area is 161 Å². The highest BCUT2D eigenvalue weighted by Crippen LogP contribution is 2.45. The number of hydrogen-bond acceptors (Lipinski definition) is 2. The van der Waals surface area contributed by atoms with Gasteiger partial charge in [-0.05, 0) is 18.6 Å². The van der Waals surface area contributed by atoms with Crippen LogP contribution in [0, 0.1) is 0 Å². The number of hydrogen-bond donors (Lipinski definition) is 1. The fourth-order valence-corrected chi connectivity index (χ4v) is 4.24. The lowest BCUT2D eigenvalue weighted by molar-refractivity contribution is 0.00899. The summed E-state index contributed by atoms with van der Waals surface area (Å²) in [5.74, 6) is 0. The van der Waals surface area contributed by atoms with Crippen LogP contribution >= 0.6 is 45.8 Å². The molecule has 0 bridgehead atoms. The quantitative estimate of drug-likeness (QED) is 0.295. The zero-order valence-corrected chi connectivity index (χ0v) is 16.7. The third-order valence-corrected chi connectivity index (χ3v) is 6.21. The number of rotatable bonds is 8. The van der Waals surface area contributed by atoms with Crippen LogP contribution in [-0.4, -0.2) is 14.7 Å². The van der Waals surface area contributed by atoms with Gasteiger partial charge in [-0.1, -0.05) is 84.5 Å². The Morgan fingerprint density at radius 3 is 2.70 bits per heavy atom. The maximum absolute atomic E-state index is 11.5. The van der Waals surface area contributed by atoms with Crippen molar-refractivity contribution in [3.63, 3.8) is 0 Å². The predicted molar refractivity (Wildman–Crippen MR) is 104 cm³/mol.